The van der Waals surface area contributed by atoms with E-state index in [2.05, 4.69) is 0 Å². The maximum atomic E-state index is 11.7. The number of unbranched alkanes of at least 4 members (excludes halogenated alkanes) is 4. The molecule has 0 aliphatic heterocycles. The lowest BCUT2D eigenvalue weighted by Crippen LogP contribution is -2.14. The van der Waals surface area contributed by atoms with Gasteiger partial charge in [0.15, 0.2) is 0 Å². The number of phenols is 1. The average molecular weight is 322 g/mol. The molecule has 5 nitrogen and oxygen atoms in total. The van der Waals surface area contributed by atoms with Crippen molar-refractivity contribution in [2.45, 2.75) is 65.2 Å². The van der Waals surface area contributed by atoms with Crippen LogP contribution in [0.2, 0.25) is 0 Å². The van der Waals surface area contributed by atoms with Crippen molar-refractivity contribution in [2.75, 3.05) is 0 Å². The molecule has 0 saturated heterocycles. The second kappa shape index (κ2) is 9.18. The maximum Gasteiger partial charge on any atom is 0.336 e. The van der Waals surface area contributed by atoms with Crippen LogP contribution in [0, 0.1) is 0 Å². The minimum Gasteiger partial charge on any atom is -0.508 e. The van der Waals surface area contributed by atoms with Gasteiger partial charge in [-0.05, 0) is 37.3 Å². The summed E-state index contributed by atoms with van der Waals surface area (Å²) in [4.78, 5) is 23.2. The summed E-state index contributed by atoms with van der Waals surface area (Å²) in [5.74, 6) is -2.59. The Morgan fingerprint density at radius 3 is 1.83 bits per heavy atom. The smallest absolute Gasteiger partial charge is 0.336 e. The number of carbonyl (C=O) groups is 2. The summed E-state index contributed by atoms with van der Waals surface area (Å²) in [5, 5.41) is 29.1. The fourth-order valence-electron chi connectivity index (χ4n) is 2.82. The third-order valence-corrected chi connectivity index (χ3v) is 4.02. The molecule has 128 valence electrons. The molecule has 1 rings (SSSR count). The van der Waals surface area contributed by atoms with E-state index in [-0.39, 0.29) is 16.9 Å². The van der Waals surface area contributed by atoms with Crippen LogP contribution in [0.5, 0.6) is 5.75 Å². The second-order valence-corrected chi connectivity index (χ2v) is 5.80. The Kier molecular flexibility index (Phi) is 7.59. The Balaban J connectivity index is 3.37. The van der Waals surface area contributed by atoms with Gasteiger partial charge in [0.05, 0.1) is 11.1 Å². The number of aromatic carboxylic acids is 2. The van der Waals surface area contributed by atoms with Crippen LogP contribution in [0.15, 0.2) is 6.07 Å². The van der Waals surface area contributed by atoms with Crippen molar-refractivity contribution in [3.8, 4) is 5.75 Å². The van der Waals surface area contributed by atoms with E-state index in [9.17, 15) is 24.9 Å². The Labute approximate surface area is 137 Å². The molecule has 3 N–H and O–H groups in total. The van der Waals surface area contributed by atoms with Gasteiger partial charge in [-0.25, -0.2) is 9.59 Å². The lowest BCUT2D eigenvalue weighted by Gasteiger charge is -2.16. The van der Waals surface area contributed by atoms with Crippen LogP contribution in [0.4, 0.5) is 0 Å². The standard InChI is InChI=1S/C18H26O5/c1-3-5-7-9-12-14(17(20)21)11-15(19)13(10-8-6-4-2)16(12)18(22)23/h11,19H,3-10H2,1-2H3,(H,20,21)(H,22,23). The molecule has 0 aliphatic carbocycles. The predicted molar refractivity (Wildman–Crippen MR) is 88.5 cm³/mol. The molecular formula is C18H26O5. The van der Waals surface area contributed by atoms with Crippen molar-refractivity contribution in [1.29, 1.82) is 0 Å². The van der Waals surface area contributed by atoms with E-state index < -0.39 is 11.9 Å². The van der Waals surface area contributed by atoms with Gasteiger partial charge in [-0.1, -0.05) is 39.5 Å². The number of carboxylic acid groups (broad SMARTS) is 2. The number of rotatable bonds is 10. The highest BCUT2D eigenvalue weighted by Gasteiger charge is 2.24. The van der Waals surface area contributed by atoms with Gasteiger partial charge in [0.25, 0.3) is 0 Å². The summed E-state index contributed by atoms with van der Waals surface area (Å²) in [6, 6.07) is 1.21. The molecule has 0 radical (unpaired) electrons. The highest BCUT2D eigenvalue weighted by atomic mass is 16.4. The third kappa shape index (κ3) is 4.98. The van der Waals surface area contributed by atoms with Crippen molar-refractivity contribution >= 4 is 11.9 Å². The molecule has 0 aromatic heterocycles. The van der Waals surface area contributed by atoms with Crippen molar-refractivity contribution < 1.29 is 24.9 Å². The Bertz CT molecular complexity index is 563. The van der Waals surface area contributed by atoms with Gasteiger partial charge in [-0.2, -0.15) is 0 Å². The van der Waals surface area contributed by atoms with Gasteiger partial charge in [0, 0.05) is 5.56 Å². The number of phenolic OH excluding ortho intramolecular Hbond substituents is 1. The van der Waals surface area contributed by atoms with Gasteiger partial charge >= 0.3 is 11.9 Å². The first-order valence-electron chi connectivity index (χ1n) is 8.28. The molecule has 0 spiro atoms. The largest absolute Gasteiger partial charge is 0.508 e. The highest BCUT2D eigenvalue weighted by Crippen LogP contribution is 2.31. The molecule has 0 amide bonds. The molecule has 0 bridgehead atoms. The first-order valence-corrected chi connectivity index (χ1v) is 8.28. The molecular weight excluding hydrogens is 296 g/mol. The fraction of sp³-hybridized carbons (Fsp3) is 0.556. The zero-order valence-electron chi connectivity index (χ0n) is 13.9. The summed E-state index contributed by atoms with van der Waals surface area (Å²) < 4.78 is 0. The van der Waals surface area contributed by atoms with Crippen LogP contribution in [0.1, 0.15) is 84.2 Å². The first-order chi connectivity index (χ1) is 10.9. The van der Waals surface area contributed by atoms with Crippen LogP contribution in [0.25, 0.3) is 0 Å². The van der Waals surface area contributed by atoms with Crippen LogP contribution in [-0.2, 0) is 12.8 Å². The molecule has 0 unspecified atom stereocenters. The first kappa shape index (κ1) is 19.0. The van der Waals surface area contributed by atoms with E-state index in [1.165, 1.54) is 6.07 Å². The minimum atomic E-state index is -1.20. The number of hydrogen-bond donors (Lipinski definition) is 3. The van der Waals surface area contributed by atoms with Crippen LogP contribution >= 0.6 is 0 Å². The number of hydrogen-bond acceptors (Lipinski definition) is 3. The number of aromatic hydroxyl groups is 1. The Hall–Kier alpha value is -2.04. The van der Waals surface area contributed by atoms with Gasteiger partial charge in [-0.3, -0.25) is 0 Å². The van der Waals surface area contributed by atoms with Gasteiger partial charge in [0.1, 0.15) is 5.75 Å². The summed E-state index contributed by atoms with van der Waals surface area (Å²) in [7, 11) is 0. The van der Waals surface area contributed by atoms with Crippen molar-refractivity contribution in [3.63, 3.8) is 0 Å². The lowest BCUT2D eigenvalue weighted by molar-refractivity contribution is 0.0693. The fourth-order valence-corrected chi connectivity index (χ4v) is 2.82. The molecule has 23 heavy (non-hydrogen) atoms. The van der Waals surface area contributed by atoms with Crippen LogP contribution in [0.3, 0.4) is 0 Å². The SMILES string of the molecule is CCCCCc1c(O)cc(C(=O)O)c(CCCCC)c1C(=O)O. The quantitative estimate of drug-likeness (QED) is 0.560. The van der Waals surface area contributed by atoms with Crippen molar-refractivity contribution in [1.82, 2.24) is 0 Å². The van der Waals surface area contributed by atoms with Crippen LogP contribution in [-0.4, -0.2) is 27.3 Å². The molecule has 0 atom stereocenters. The minimum absolute atomic E-state index is 0.0189. The summed E-state index contributed by atoms with van der Waals surface area (Å²) in [6.45, 7) is 4.07. The molecule has 0 fully saturated rings. The van der Waals surface area contributed by atoms with E-state index in [1.54, 1.807) is 0 Å². The summed E-state index contributed by atoms with van der Waals surface area (Å²) in [5.41, 5.74) is 0.579. The topological polar surface area (TPSA) is 94.8 Å². The van der Waals surface area contributed by atoms with Gasteiger partial charge < -0.3 is 15.3 Å². The van der Waals surface area contributed by atoms with Crippen molar-refractivity contribution in [3.05, 3.63) is 28.3 Å². The second-order valence-electron chi connectivity index (χ2n) is 5.80. The van der Waals surface area contributed by atoms with E-state index in [0.29, 0.717) is 24.0 Å². The molecule has 0 aliphatic rings. The number of benzene rings is 1. The van der Waals surface area contributed by atoms with E-state index >= 15 is 0 Å². The van der Waals surface area contributed by atoms with Crippen LogP contribution < -0.4 is 0 Å². The van der Waals surface area contributed by atoms with E-state index in [1.807, 2.05) is 13.8 Å². The third-order valence-electron chi connectivity index (χ3n) is 4.02. The highest BCUT2D eigenvalue weighted by molar-refractivity contribution is 5.98. The van der Waals surface area contributed by atoms with Crippen molar-refractivity contribution in [2.24, 2.45) is 0 Å². The predicted octanol–water partition coefficient (Wildman–Crippen LogP) is 4.25. The number of carboxylic acids is 2. The van der Waals surface area contributed by atoms with Gasteiger partial charge in [0.2, 0.25) is 0 Å². The zero-order valence-corrected chi connectivity index (χ0v) is 13.9. The lowest BCUT2D eigenvalue weighted by atomic mass is 9.89. The molecule has 0 heterocycles. The normalized spacial score (nSPS) is 10.7. The van der Waals surface area contributed by atoms with Gasteiger partial charge in [-0.15, -0.1) is 0 Å². The molecule has 1 aromatic rings. The monoisotopic (exact) mass is 322 g/mol. The summed E-state index contributed by atoms with van der Waals surface area (Å²) >= 11 is 0. The summed E-state index contributed by atoms with van der Waals surface area (Å²) in [6.07, 6.45) is 6.14. The molecule has 5 heteroatoms. The van der Waals surface area contributed by atoms with E-state index in [4.69, 9.17) is 0 Å². The zero-order chi connectivity index (χ0) is 17.4. The molecule has 1 aromatic carbocycles. The average Bonchev–Trinajstić information content (AvgIpc) is 2.49. The van der Waals surface area contributed by atoms with E-state index in [0.717, 1.165) is 38.5 Å². The molecule has 0 saturated carbocycles. The maximum absolute atomic E-state index is 11.7. The Morgan fingerprint density at radius 1 is 0.870 bits per heavy atom. The Morgan fingerprint density at radius 2 is 1.39 bits per heavy atom.